The minimum atomic E-state index is -0.134. The van der Waals surface area contributed by atoms with Crippen molar-refractivity contribution < 1.29 is 14.3 Å². The van der Waals surface area contributed by atoms with Crippen LogP contribution in [-0.2, 0) is 11.2 Å². The van der Waals surface area contributed by atoms with Gasteiger partial charge in [-0.05, 0) is 48.4 Å². The SMILES string of the molecule is COCCNc1ccc(C(=O)NCCc2ccc(Oc3ccccc3)cc2)cn1. The molecule has 0 aliphatic heterocycles. The first-order valence-corrected chi connectivity index (χ1v) is 9.53. The summed E-state index contributed by atoms with van der Waals surface area (Å²) in [6.07, 6.45) is 2.31. The second-order valence-electron chi connectivity index (χ2n) is 6.42. The van der Waals surface area contributed by atoms with Crippen LogP contribution in [0.15, 0.2) is 72.9 Å². The van der Waals surface area contributed by atoms with Crippen molar-refractivity contribution >= 4 is 11.7 Å². The predicted octanol–water partition coefficient (Wildman–Crippen LogP) is 3.90. The smallest absolute Gasteiger partial charge is 0.252 e. The predicted molar refractivity (Wildman–Crippen MR) is 114 cm³/mol. The lowest BCUT2D eigenvalue weighted by molar-refractivity contribution is 0.0954. The molecule has 0 fully saturated rings. The van der Waals surface area contributed by atoms with Gasteiger partial charge in [-0.3, -0.25) is 4.79 Å². The van der Waals surface area contributed by atoms with E-state index in [1.54, 1.807) is 25.4 Å². The number of hydrogen-bond donors (Lipinski definition) is 2. The monoisotopic (exact) mass is 391 g/mol. The van der Waals surface area contributed by atoms with Crippen molar-refractivity contribution in [3.05, 3.63) is 84.1 Å². The van der Waals surface area contributed by atoms with Gasteiger partial charge in [0.05, 0.1) is 12.2 Å². The fourth-order valence-corrected chi connectivity index (χ4v) is 2.69. The summed E-state index contributed by atoms with van der Waals surface area (Å²) in [5, 5.41) is 6.04. The molecule has 3 aromatic rings. The standard InChI is InChI=1S/C23H25N3O3/c1-28-16-15-24-22-12-9-19(17-26-22)23(27)25-14-13-18-7-10-21(11-8-18)29-20-5-3-2-4-6-20/h2-12,17H,13-16H2,1H3,(H,24,26)(H,25,27). The lowest BCUT2D eigenvalue weighted by Gasteiger charge is -2.08. The third kappa shape index (κ3) is 6.62. The van der Waals surface area contributed by atoms with E-state index < -0.39 is 0 Å². The molecule has 3 rings (SSSR count). The van der Waals surface area contributed by atoms with Gasteiger partial charge < -0.3 is 20.1 Å². The minimum Gasteiger partial charge on any atom is -0.457 e. The summed E-state index contributed by atoms with van der Waals surface area (Å²) < 4.78 is 10.8. The van der Waals surface area contributed by atoms with Gasteiger partial charge >= 0.3 is 0 Å². The molecule has 0 aliphatic rings. The fourth-order valence-electron chi connectivity index (χ4n) is 2.69. The molecule has 150 valence electrons. The number of para-hydroxylation sites is 1. The van der Waals surface area contributed by atoms with E-state index in [0.29, 0.717) is 25.3 Å². The van der Waals surface area contributed by atoms with Gasteiger partial charge in [-0.2, -0.15) is 0 Å². The highest BCUT2D eigenvalue weighted by Crippen LogP contribution is 2.21. The Kier molecular flexibility index (Phi) is 7.60. The quantitative estimate of drug-likeness (QED) is 0.513. The zero-order valence-electron chi connectivity index (χ0n) is 16.4. The Hall–Kier alpha value is -3.38. The summed E-state index contributed by atoms with van der Waals surface area (Å²) in [5.74, 6) is 2.18. The lowest BCUT2D eigenvalue weighted by Crippen LogP contribution is -2.25. The van der Waals surface area contributed by atoms with Crippen molar-refractivity contribution in [1.82, 2.24) is 10.3 Å². The van der Waals surface area contributed by atoms with Gasteiger partial charge in [0.15, 0.2) is 0 Å². The number of nitrogens with zero attached hydrogens (tertiary/aromatic N) is 1. The Morgan fingerprint density at radius 1 is 0.931 bits per heavy atom. The maximum Gasteiger partial charge on any atom is 0.252 e. The van der Waals surface area contributed by atoms with E-state index in [1.165, 1.54) is 0 Å². The third-order valence-corrected chi connectivity index (χ3v) is 4.24. The molecule has 0 bridgehead atoms. The molecule has 6 nitrogen and oxygen atoms in total. The van der Waals surface area contributed by atoms with Gasteiger partial charge in [0.25, 0.3) is 5.91 Å². The van der Waals surface area contributed by atoms with Gasteiger partial charge in [-0.1, -0.05) is 30.3 Å². The zero-order chi connectivity index (χ0) is 20.3. The second-order valence-corrected chi connectivity index (χ2v) is 6.42. The first-order valence-electron chi connectivity index (χ1n) is 9.53. The Bertz CT molecular complexity index is 882. The minimum absolute atomic E-state index is 0.134. The number of pyridine rings is 1. The fraction of sp³-hybridized carbons (Fsp3) is 0.217. The molecule has 0 aliphatic carbocycles. The maximum atomic E-state index is 12.3. The van der Waals surface area contributed by atoms with Gasteiger partial charge in [0.2, 0.25) is 0 Å². The number of carbonyl (C=O) groups is 1. The van der Waals surface area contributed by atoms with Crippen LogP contribution in [0.3, 0.4) is 0 Å². The second kappa shape index (κ2) is 10.8. The molecule has 0 atom stereocenters. The summed E-state index contributed by atoms with van der Waals surface area (Å²) in [7, 11) is 1.65. The van der Waals surface area contributed by atoms with Crippen molar-refractivity contribution in [1.29, 1.82) is 0 Å². The lowest BCUT2D eigenvalue weighted by atomic mass is 10.1. The highest BCUT2D eigenvalue weighted by atomic mass is 16.5. The van der Waals surface area contributed by atoms with Gasteiger partial charge in [-0.25, -0.2) is 4.98 Å². The molecular formula is C23H25N3O3. The van der Waals surface area contributed by atoms with E-state index in [9.17, 15) is 4.79 Å². The van der Waals surface area contributed by atoms with Crippen LogP contribution in [0.4, 0.5) is 5.82 Å². The van der Waals surface area contributed by atoms with Crippen molar-refractivity contribution in [2.45, 2.75) is 6.42 Å². The first kappa shape index (κ1) is 20.4. The molecule has 0 unspecified atom stereocenters. The molecule has 0 spiro atoms. The number of nitrogens with one attached hydrogen (secondary N) is 2. The Morgan fingerprint density at radius 3 is 2.38 bits per heavy atom. The van der Waals surface area contributed by atoms with E-state index in [2.05, 4.69) is 15.6 Å². The summed E-state index contributed by atoms with van der Waals surface area (Å²) in [6, 6.07) is 21.1. The van der Waals surface area contributed by atoms with Crippen LogP contribution in [0.1, 0.15) is 15.9 Å². The number of hydrogen-bond acceptors (Lipinski definition) is 5. The number of carbonyl (C=O) groups excluding carboxylic acids is 1. The number of aromatic nitrogens is 1. The highest BCUT2D eigenvalue weighted by Gasteiger charge is 2.06. The van der Waals surface area contributed by atoms with Crippen LogP contribution in [0.25, 0.3) is 0 Å². The Morgan fingerprint density at radius 2 is 1.69 bits per heavy atom. The molecule has 0 saturated carbocycles. The Labute approximate surface area is 170 Å². The van der Waals surface area contributed by atoms with E-state index in [4.69, 9.17) is 9.47 Å². The highest BCUT2D eigenvalue weighted by molar-refractivity contribution is 5.94. The van der Waals surface area contributed by atoms with Crippen molar-refractivity contribution in [3.63, 3.8) is 0 Å². The molecular weight excluding hydrogens is 366 g/mol. The van der Waals surface area contributed by atoms with Crippen molar-refractivity contribution in [2.24, 2.45) is 0 Å². The summed E-state index contributed by atoms with van der Waals surface area (Å²) >= 11 is 0. The third-order valence-electron chi connectivity index (χ3n) is 4.24. The average molecular weight is 391 g/mol. The van der Waals surface area contributed by atoms with E-state index in [-0.39, 0.29) is 5.91 Å². The Balaban J connectivity index is 1.42. The molecule has 29 heavy (non-hydrogen) atoms. The van der Waals surface area contributed by atoms with Crippen LogP contribution in [0, 0.1) is 0 Å². The van der Waals surface area contributed by atoms with E-state index in [0.717, 1.165) is 29.3 Å². The molecule has 1 heterocycles. The normalized spacial score (nSPS) is 10.4. The summed E-state index contributed by atoms with van der Waals surface area (Å²) in [4.78, 5) is 16.5. The number of methoxy groups -OCH3 is 1. The van der Waals surface area contributed by atoms with Crippen LogP contribution >= 0.6 is 0 Å². The molecule has 0 saturated heterocycles. The topological polar surface area (TPSA) is 72.5 Å². The molecule has 6 heteroatoms. The number of rotatable bonds is 10. The molecule has 1 amide bonds. The van der Waals surface area contributed by atoms with Gasteiger partial charge in [0.1, 0.15) is 17.3 Å². The largest absolute Gasteiger partial charge is 0.457 e. The van der Waals surface area contributed by atoms with Crippen molar-refractivity contribution in [2.75, 3.05) is 32.1 Å². The van der Waals surface area contributed by atoms with Gasteiger partial charge in [0, 0.05) is 26.4 Å². The summed E-state index contributed by atoms with van der Waals surface area (Å²) in [6.45, 7) is 1.82. The maximum absolute atomic E-state index is 12.3. The number of ether oxygens (including phenoxy) is 2. The van der Waals surface area contributed by atoms with Crippen LogP contribution < -0.4 is 15.4 Å². The first-order chi connectivity index (χ1) is 14.2. The molecule has 1 aromatic heterocycles. The van der Waals surface area contributed by atoms with Crippen LogP contribution in [0.2, 0.25) is 0 Å². The van der Waals surface area contributed by atoms with Crippen molar-refractivity contribution in [3.8, 4) is 11.5 Å². The van der Waals surface area contributed by atoms with E-state index >= 15 is 0 Å². The molecule has 2 aromatic carbocycles. The van der Waals surface area contributed by atoms with Gasteiger partial charge in [-0.15, -0.1) is 0 Å². The summed E-state index contributed by atoms with van der Waals surface area (Å²) in [5.41, 5.74) is 1.66. The van der Waals surface area contributed by atoms with Crippen LogP contribution in [0.5, 0.6) is 11.5 Å². The zero-order valence-corrected chi connectivity index (χ0v) is 16.4. The molecule has 0 radical (unpaired) electrons. The van der Waals surface area contributed by atoms with Crippen LogP contribution in [-0.4, -0.2) is 37.7 Å². The average Bonchev–Trinajstić information content (AvgIpc) is 2.76. The van der Waals surface area contributed by atoms with E-state index in [1.807, 2.05) is 54.6 Å². The number of amides is 1. The molecule has 2 N–H and O–H groups in total. The number of anilines is 1. The number of benzene rings is 2.